The lowest BCUT2D eigenvalue weighted by molar-refractivity contribution is 0.0224. The molecule has 8 nitrogen and oxygen atoms in total. The van der Waals surface area contributed by atoms with E-state index in [1.165, 1.54) is 9.54 Å². The van der Waals surface area contributed by atoms with Gasteiger partial charge in [0.25, 0.3) is 5.91 Å². The van der Waals surface area contributed by atoms with Gasteiger partial charge < -0.3 is 14.5 Å². The van der Waals surface area contributed by atoms with Crippen LogP contribution in [0.2, 0.25) is 0 Å². The number of fused-ring (bicyclic) bond motifs is 4. The summed E-state index contributed by atoms with van der Waals surface area (Å²) >= 11 is 0. The van der Waals surface area contributed by atoms with Crippen LogP contribution in [0.4, 0.5) is 4.79 Å². The average molecular weight is 538 g/mol. The maximum Gasteiger partial charge on any atom is 0.410 e. The van der Waals surface area contributed by atoms with Crippen LogP contribution in [0.25, 0.3) is 10.9 Å². The Labute approximate surface area is 224 Å². The van der Waals surface area contributed by atoms with Crippen molar-refractivity contribution in [3.05, 3.63) is 70.4 Å². The van der Waals surface area contributed by atoms with Crippen molar-refractivity contribution in [2.75, 3.05) is 18.8 Å². The zero-order chi connectivity index (χ0) is 27.2. The molecule has 3 aromatic rings. The molecule has 0 spiro atoms. The Bertz CT molecular complexity index is 1520. The molecule has 0 fully saturated rings. The smallest absolute Gasteiger partial charge is 0.410 e. The Morgan fingerprint density at radius 2 is 1.66 bits per heavy atom. The van der Waals surface area contributed by atoms with E-state index in [4.69, 9.17) is 4.74 Å². The van der Waals surface area contributed by atoms with Gasteiger partial charge in [0.1, 0.15) is 5.60 Å². The van der Waals surface area contributed by atoms with Gasteiger partial charge in [-0.2, -0.15) is 0 Å². The maximum atomic E-state index is 13.6. The molecule has 0 saturated heterocycles. The van der Waals surface area contributed by atoms with Crippen molar-refractivity contribution in [2.24, 2.45) is 0 Å². The number of aromatic nitrogens is 1. The van der Waals surface area contributed by atoms with E-state index in [1.807, 2.05) is 44.7 Å². The van der Waals surface area contributed by atoms with Gasteiger partial charge in [0.05, 0.1) is 17.8 Å². The quantitative estimate of drug-likeness (QED) is 0.481. The molecular weight excluding hydrogens is 502 g/mol. The Kier molecular flexibility index (Phi) is 6.75. The van der Waals surface area contributed by atoms with E-state index in [0.717, 1.165) is 17.5 Å². The van der Waals surface area contributed by atoms with Crippen LogP contribution >= 0.6 is 0 Å². The summed E-state index contributed by atoms with van der Waals surface area (Å²) in [6, 6.07) is 13.4. The van der Waals surface area contributed by atoms with E-state index >= 15 is 0 Å². The van der Waals surface area contributed by atoms with Gasteiger partial charge in [0.2, 0.25) is 10.0 Å². The van der Waals surface area contributed by atoms with Crippen molar-refractivity contribution in [3.63, 3.8) is 0 Å². The van der Waals surface area contributed by atoms with Crippen LogP contribution in [-0.2, 0) is 40.7 Å². The number of hydrogen-bond donors (Lipinski definition) is 0. The predicted octanol–water partition coefficient (Wildman–Crippen LogP) is 4.72. The van der Waals surface area contributed by atoms with Crippen molar-refractivity contribution in [2.45, 2.75) is 65.6 Å². The Hall–Kier alpha value is -3.33. The highest BCUT2D eigenvalue weighted by Gasteiger charge is 2.33. The minimum absolute atomic E-state index is 0.0207. The van der Waals surface area contributed by atoms with Crippen molar-refractivity contribution >= 4 is 32.9 Å². The first-order valence-corrected chi connectivity index (χ1v) is 14.8. The molecule has 0 unspecified atom stereocenters. The minimum Gasteiger partial charge on any atom is -0.444 e. The fourth-order valence-corrected chi connectivity index (χ4v) is 7.15. The fraction of sp³-hybridized carbons (Fsp3) is 0.448. The third-order valence-electron chi connectivity index (χ3n) is 7.16. The monoisotopic (exact) mass is 537 g/mol. The molecule has 0 radical (unpaired) electrons. The van der Waals surface area contributed by atoms with Crippen LogP contribution in [0.15, 0.2) is 42.5 Å². The second-order valence-electron chi connectivity index (χ2n) is 11.1. The van der Waals surface area contributed by atoms with Gasteiger partial charge in [-0.1, -0.05) is 31.2 Å². The highest BCUT2D eigenvalue weighted by Crippen LogP contribution is 2.34. The second-order valence-corrected chi connectivity index (χ2v) is 13.1. The molecule has 0 N–H and O–H groups in total. The number of amides is 2. The summed E-state index contributed by atoms with van der Waals surface area (Å²) in [7, 11) is -3.60. The van der Waals surface area contributed by atoms with Gasteiger partial charge in [-0.05, 0) is 62.9 Å². The highest BCUT2D eigenvalue weighted by atomic mass is 32.2. The summed E-state index contributed by atoms with van der Waals surface area (Å²) in [5.74, 6) is -0.0634. The molecule has 2 aliphatic rings. The molecule has 2 aromatic carbocycles. The van der Waals surface area contributed by atoms with E-state index in [2.05, 4.69) is 12.1 Å². The van der Waals surface area contributed by atoms with Crippen molar-refractivity contribution < 1.29 is 22.7 Å². The minimum atomic E-state index is -3.60. The molecule has 1 aromatic heterocycles. The summed E-state index contributed by atoms with van der Waals surface area (Å²) in [5.41, 5.74) is 4.29. The number of rotatable bonds is 4. The second kappa shape index (κ2) is 9.76. The molecule has 3 heterocycles. The summed E-state index contributed by atoms with van der Waals surface area (Å²) in [6.07, 6.45) is 1.25. The topological polar surface area (TPSA) is 88.9 Å². The zero-order valence-corrected chi connectivity index (χ0v) is 23.3. The van der Waals surface area contributed by atoms with Crippen molar-refractivity contribution in [1.82, 2.24) is 13.8 Å². The molecule has 2 aliphatic heterocycles. The first kappa shape index (κ1) is 26.3. The number of nitrogens with zero attached hydrogens (tertiary/aromatic N) is 3. The third-order valence-corrected chi connectivity index (χ3v) is 9.06. The number of carbonyl (C=O) groups is 2. The van der Waals surface area contributed by atoms with Crippen LogP contribution in [0, 0.1) is 0 Å². The predicted molar refractivity (Wildman–Crippen MR) is 147 cm³/mol. The third kappa shape index (κ3) is 4.91. The molecule has 2 amide bonds. The standard InChI is InChI=1S/C29H35N3O5S/c1-5-16-38(35,36)32-25-11-10-21(27(33)30-14-12-20-8-6-7-9-22(20)18-30)17-23(25)24-19-31(15-13-26(24)32)28(34)37-29(2,3)4/h6-11,17H,5,12-16,18-19H2,1-4H3. The molecule has 9 heteroatoms. The summed E-state index contributed by atoms with van der Waals surface area (Å²) in [4.78, 5) is 29.9. The number of benzene rings is 2. The van der Waals surface area contributed by atoms with Crippen LogP contribution in [0.5, 0.6) is 0 Å². The largest absolute Gasteiger partial charge is 0.444 e. The van der Waals surface area contributed by atoms with Crippen LogP contribution < -0.4 is 0 Å². The lowest BCUT2D eigenvalue weighted by atomic mass is 9.98. The molecular formula is C29H35N3O5S. The molecule has 0 atom stereocenters. The molecule has 0 bridgehead atoms. The van der Waals surface area contributed by atoms with E-state index in [9.17, 15) is 18.0 Å². The summed E-state index contributed by atoms with van der Waals surface area (Å²) in [5, 5.41) is 0.691. The van der Waals surface area contributed by atoms with Gasteiger partial charge in [0.15, 0.2) is 0 Å². The Morgan fingerprint density at radius 1 is 0.947 bits per heavy atom. The van der Waals surface area contributed by atoms with Crippen molar-refractivity contribution in [1.29, 1.82) is 0 Å². The number of carbonyl (C=O) groups excluding carboxylic acids is 2. The number of ether oxygens (including phenoxy) is 1. The lowest BCUT2D eigenvalue weighted by Gasteiger charge is -2.30. The maximum absolute atomic E-state index is 13.6. The van der Waals surface area contributed by atoms with Gasteiger partial charge in [-0.15, -0.1) is 0 Å². The fourth-order valence-electron chi connectivity index (χ4n) is 5.45. The molecule has 5 rings (SSSR count). The van der Waals surface area contributed by atoms with Gasteiger partial charge >= 0.3 is 6.09 Å². The van der Waals surface area contributed by atoms with Gasteiger partial charge in [-0.25, -0.2) is 17.2 Å². The zero-order valence-electron chi connectivity index (χ0n) is 22.5. The van der Waals surface area contributed by atoms with Gasteiger partial charge in [0, 0.05) is 48.3 Å². The van der Waals surface area contributed by atoms with Crippen molar-refractivity contribution in [3.8, 4) is 0 Å². The lowest BCUT2D eigenvalue weighted by Crippen LogP contribution is -2.40. The Balaban J connectivity index is 1.55. The first-order valence-electron chi connectivity index (χ1n) is 13.2. The van der Waals surface area contributed by atoms with Gasteiger partial charge in [-0.3, -0.25) is 4.79 Å². The van der Waals surface area contributed by atoms with Crippen LogP contribution in [0.1, 0.15) is 66.9 Å². The van der Waals surface area contributed by atoms with Crippen LogP contribution in [0.3, 0.4) is 0 Å². The Morgan fingerprint density at radius 3 is 2.37 bits per heavy atom. The van der Waals surface area contributed by atoms with E-state index in [0.29, 0.717) is 54.6 Å². The molecule has 202 valence electrons. The average Bonchev–Trinajstić information content (AvgIpc) is 3.21. The normalized spacial score (nSPS) is 15.8. The highest BCUT2D eigenvalue weighted by molar-refractivity contribution is 7.90. The molecule has 0 saturated carbocycles. The van der Waals surface area contributed by atoms with Crippen LogP contribution in [-0.4, -0.2) is 58.6 Å². The molecule has 38 heavy (non-hydrogen) atoms. The first-order chi connectivity index (χ1) is 18.0. The summed E-state index contributed by atoms with van der Waals surface area (Å²) in [6.45, 7) is 9.06. The number of hydrogen-bond acceptors (Lipinski definition) is 5. The molecule has 0 aliphatic carbocycles. The SMILES string of the molecule is CCCS(=O)(=O)n1c2c(c3cc(C(=O)N4CCc5ccccc5C4)ccc31)CN(C(=O)OC(C)(C)C)CC2. The van der Waals surface area contributed by atoms with E-state index in [1.54, 1.807) is 23.1 Å². The van der Waals surface area contributed by atoms with E-state index < -0.39 is 21.7 Å². The summed E-state index contributed by atoms with van der Waals surface area (Å²) < 4.78 is 33.7. The van der Waals surface area contributed by atoms with E-state index in [-0.39, 0.29) is 18.2 Å².